The third-order valence-electron chi connectivity index (χ3n) is 7.45. The Morgan fingerprint density at radius 2 is 1.74 bits per heavy atom. The summed E-state index contributed by atoms with van der Waals surface area (Å²) in [5.41, 5.74) is -2.65. The number of alkyl halides is 3. The summed E-state index contributed by atoms with van der Waals surface area (Å²) >= 11 is 6.39. The second-order valence-corrected chi connectivity index (χ2v) is 10.7. The number of carbonyl (C=O) groups is 2. The number of carbonyl (C=O) groups excluding carboxylic acids is 2. The molecule has 1 aliphatic carbocycles. The molecule has 0 unspecified atom stereocenters. The van der Waals surface area contributed by atoms with Gasteiger partial charge in [0.25, 0.3) is 17.4 Å². The highest BCUT2D eigenvalue weighted by Gasteiger charge is 2.61. The van der Waals surface area contributed by atoms with Crippen molar-refractivity contribution in [1.82, 2.24) is 10.2 Å². The first-order valence-corrected chi connectivity index (χ1v) is 13.3. The molecular weight excluding hydrogens is 519 g/mol. The zero-order chi connectivity index (χ0) is 27.5. The van der Waals surface area contributed by atoms with Crippen LogP contribution in [0.3, 0.4) is 0 Å². The zero-order valence-corrected chi connectivity index (χ0v) is 22.1. The van der Waals surface area contributed by atoms with Crippen molar-refractivity contribution in [2.24, 2.45) is 5.92 Å². The number of benzene rings is 2. The highest BCUT2D eigenvalue weighted by molar-refractivity contribution is 6.34. The van der Waals surface area contributed by atoms with Gasteiger partial charge in [0, 0.05) is 44.0 Å². The molecule has 4 rings (SSSR count). The maximum Gasteiger partial charge on any atom is 0.430 e. The molecule has 2 fully saturated rings. The van der Waals surface area contributed by atoms with Crippen LogP contribution in [0.5, 0.6) is 0 Å². The van der Waals surface area contributed by atoms with Crippen LogP contribution in [0.4, 0.5) is 18.9 Å². The van der Waals surface area contributed by atoms with Crippen LogP contribution in [0.1, 0.15) is 54.4 Å². The summed E-state index contributed by atoms with van der Waals surface area (Å²) in [5.74, 6) is -1.15. The molecule has 38 heavy (non-hydrogen) atoms. The van der Waals surface area contributed by atoms with Crippen LogP contribution in [-0.2, 0) is 10.4 Å². The van der Waals surface area contributed by atoms with E-state index in [0.29, 0.717) is 22.9 Å². The lowest BCUT2D eigenvalue weighted by atomic mass is 9.90. The Labute approximate surface area is 225 Å². The molecule has 2 aliphatic rings. The number of nitrogens with zero attached hydrogens (tertiary/aromatic N) is 2. The van der Waals surface area contributed by atoms with E-state index in [9.17, 15) is 27.9 Å². The number of amides is 2. The zero-order valence-electron chi connectivity index (χ0n) is 21.3. The van der Waals surface area contributed by atoms with Crippen molar-refractivity contribution in [2.75, 3.05) is 31.6 Å². The number of hydrogen-bond acceptors (Lipinski definition) is 4. The van der Waals surface area contributed by atoms with Crippen molar-refractivity contribution in [1.29, 1.82) is 0 Å². The van der Waals surface area contributed by atoms with E-state index in [1.807, 2.05) is 12.1 Å². The van der Waals surface area contributed by atoms with E-state index in [-0.39, 0.29) is 18.5 Å². The van der Waals surface area contributed by atoms with Gasteiger partial charge in [0.05, 0.1) is 10.6 Å². The molecule has 2 amide bonds. The molecule has 2 aromatic rings. The smallest absolute Gasteiger partial charge is 0.371 e. The first kappa shape index (κ1) is 28.2. The predicted molar refractivity (Wildman–Crippen MR) is 140 cm³/mol. The van der Waals surface area contributed by atoms with E-state index in [0.717, 1.165) is 67.9 Å². The fourth-order valence-electron chi connectivity index (χ4n) is 4.94. The van der Waals surface area contributed by atoms with E-state index < -0.39 is 23.2 Å². The fourth-order valence-corrected chi connectivity index (χ4v) is 5.20. The number of rotatable bonds is 9. The molecule has 0 bridgehead atoms. The van der Waals surface area contributed by atoms with Crippen molar-refractivity contribution >= 4 is 29.1 Å². The summed E-state index contributed by atoms with van der Waals surface area (Å²) in [5, 5.41) is 13.9. The van der Waals surface area contributed by atoms with Crippen molar-refractivity contribution in [3.05, 3.63) is 64.7 Å². The molecule has 2 aromatic carbocycles. The summed E-state index contributed by atoms with van der Waals surface area (Å²) in [6.45, 7) is 1.71. The molecule has 1 saturated carbocycles. The highest BCUT2D eigenvalue weighted by atomic mass is 35.5. The van der Waals surface area contributed by atoms with Crippen molar-refractivity contribution in [2.45, 2.75) is 56.3 Å². The summed E-state index contributed by atoms with van der Waals surface area (Å²) in [6, 6.07) is 12.2. The summed E-state index contributed by atoms with van der Waals surface area (Å²) in [7, 11) is 1.29. The fraction of sp³-hybridized carbons (Fsp3) is 0.500. The second kappa shape index (κ2) is 11.5. The molecule has 206 valence electrons. The lowest BCUT2D eigenvalue weighted by Gasteiger charge is -2.35. The Morgan fingerprint density at radius 1 is 1.08 bits per heavy atom. The van der Waals surface area contributed by atoms with Crippen LogP contribution in [0.2, 0.25) is 5.02 Å². The topological polar surface area (TPSA) is 72.9 Å². The van der Waals surface area contributed by atoms with Crippen LogP contribution in [-0.4, -0.2) is 60.7 Å². The Balaban J connectivity index is 1.26. The average molecular weight is 552 g/mol. The van der Waals surface area contributed by atoms with Gasteiger partial charge >= 0.3 is 6.18 Å². The van der Waals surface area contributed by atoms with Crippen LogP contribution in [0, 0.1) is 5.92 Å². The first-order valence-electron chi connectivity index (χ1n) is 13.0. The number of hydrogen-bond donors (Lipinski definition) is 2. The normalized spacial score (nSPS) is 18.1. The molecule has 2 N–H and O–H groups in total. The monoisotopic (exact) mass is 551 g/mol. The lowest BCUT2D eigenvalue weighted by Crippen LogP contribution is -2.55. The van der Waals surface area contributed by atoms with Gasteiger partial charge in [0.1, 0.15) is 0 Å². The maximum atomic E-state index is 13.8. The van der Waals surface area contributed by atoms with Gasteiger partial charge in [0.2, 0.25) is 0 Å². The molecular formula is C28H33ClF3N3O3. The van der Waals surface area contributed by atoms with Crippen molar-refractivity contribution in [3.63, 3.8) is 0 Å². The summed E-state index contributed by atoms with van der Waals surface area (Å²) in [6.07, 6.45) is -0.0343. The third-order valence-corrected chi connectivity index (χ3v) is 7.77. The molecule has 10 heteroatoms. The van der Waals surface area contributed by atoms with Crippen LogP contribution in [0.15, 0.2) is 48.5 Å². The molecule has 0 aromatic heterocycles. The molecule has 0 spiro atoms. The number of nitrogens with one attached hydrogen (secondary N) is 1. The first-order chi connectivity index (χ1) is 18.0. The molecule has 6 nitrogen and oxygen atoms in total. The van der Waals surface area contributed by atoms with Gasteiger partial charge in [-0.05, 0) is 62.6 Å². The van der Waals surface area contributed by atoms with Gasteiger partial charge in [0.15, 0.2) is 0 Å². The minimum Gasteiger partial charge on any atom is -0.371 e. The summed E-state index contributed by atoms with van der Waals surface area (Å²) in [4.78, 5) is 28.2. The minimum atomic E-state index is -5.14. The Hall–Kier alpha value is -2.78. The van der Waals surface area contributed by atoms with Gasteiger partial charge in [-0.25, -0.2) is 0 Å². The lowest BCUT2D eigenvalue weighted by molar-refractivity contribution is -0.261. The van der Waals surface area contributed by atoms with Gasteiger partial charge in [-0.2, -0.15) is 13.2 Å². The number of likely N-dealkylation sites (N-methyl/N-ethyl adjacent to an activating group) is 1. The van der Waals surface area contributed by atoms with E-state index in [2.05, 4.69) is 10.2 Å². The maximum absolute atomic E-state index is 13.8. The highest BCUT2D eigenvalue weighted by Crippen LogP contribution is 2.40. The minimum absolute atomic E-state index is 0.115. The Kier molecular flexibility index (Phi) is 8.57. The third kappa shape index (κ3) is 6.26. The van der Waals surface area contributed by atoms with Crippen molar-refractivity contribution < 1.29 is 27.9 Å². The Bertz CT molecular complexity index is 1140. The van der Waals surface area contributed by atoms with Gasteiger partial charge in [-0.1, -0.05) is 41.9 Å². The second-order valence-electron chi connectivity index (χ2n) is 10.3. The van der Waals surface area contributed by atoms with Crippen LogP contribution < -0.4 is 10.2 Å². The molecule has 1 heterocycles. The van der Waals surface area contributed by atoms with Gasteiger partial charge in [-0.3, -0.25) is 9.59 Å². The number of anilines is 1. The number of aliphatic hydroxyl groups is 1. The Morgan fingerprint density at radius 3 is 2.32 bits per heavy atom. The van der Waals surface area contributed by atoms with E-state index in [1.54, 1.807) is 6.07 Å². The standard InChI is InChI=1S/C28H33ClF3N3O3/c1-34(26(37)27(38,28(30,31)32)20-7-3-2-4-8-20)15-5-6-19-13-16-35(17-14-19)22-11-12-23(24(29)18-22)25(36)33-21-9-10-21/h2-4,7-8,11-12,18-19,21,38H,5-6,9-10,13-17H2,1H3,(H,33,36)/t27-/m1/s1. The largest absolute Gasteiger partial charge is 0.430 e. The van der Waals surface area contributed by atoms with Gasteiger partial charge < -0.3 is 20.2 Å². The molecule has 1 atom stereocenters. The SMILES string of the molecule is CN(CCCC1CCN(c2ccc(C(=O)NC3CC3)c(Cl)c2)CC1)C(=O)[C@](O)(c1ccccc1)C(F)(F)F. The van der Waals surface area contributed by atoms with E-state index in [4.69, 9.17) is 11.6 Å². The molecule has 1 aliphatic heterocycles. The van der Waals surface area contributed by atoms with E-state index in [1.165, 1.54) is 25.2 Å². The average Bonchev–Trinajstić information content (AvgIpc) is 3.71. The number of piperidine rings is 1. The summed E-state index contributed by atoms with van der Waals surface area (Å²) < 4.78 is 41.4. The number of halogens is 4. The van der Waals surface area contributed by atoms with Crippen LogP contribution >= 0.6 is 11.6 Å². The van der Waals surface area contributed by atoms with E-state index >= 15 is 0 Å². The van der Waals surface area contributed by atoms with Gasteiger partial charge in [-0.15, -0.1) is 0 Å². The quantitative estimate of drug-likeness (QED) is 0.453. The molecule has 1 saturated heterocycles. The molecule has 0 radical (unpaired) electrons. The van der Waals surface area contributed by atoms with Crippen LogP contribution in [0.25, 0.3) is 0 Å². The predicted octanol–water partition coefficient (Wildman–Crippen LogP) is 5.14. The van der Waals surface area contributed by atoms with Crippen molar-refractivity contribution in [3.8, 4) is 0 Å².